The van der Waals surface area contributed by atoms with Crippen molar-refractivity contribution in [2.24, 2.45) is 10.2 Å². The Balaban J connectivity index is 2.00. The van der Waals surface area contributed by atoms with E-state index in [2.05, 4.69) is 36.2 Å². The molecule has 0 saturated carbocycles. The summed E-state index contributed by atoms with van der Waals surface area (Å²) in [6.07, 6.45) is 1.07. The number of nitrogens with zero attached hydrogens (tertiary/aromatic N) is 4. The van der Waals surface area contributed by atoms with Crippen LogP contribution in [0.2, 0.25) is 0 Å². The number of rotatable bonds is 3. The van der Waals surface area contributed by atoms with Crippen LogP contribution in [0, 0.1) is 0 Å². The van der Waals surface area contributed by atoms with Crippen LogP contribution in [0.4, 0.5) is 5.95 Å². The van der Waals surface area contributed by atoms with Gasteiger partial charge in [0.25, 0.3) is 0 Å². The third-order valence-corrected chi connectivity index (χ3v) is 4.99. The van der Waals surface area contributed by atoms with Gasteiger partial charge in [0.05, 0.1) is 16.2 Å². The molecule has 6 heteroatoms. The molecule has 1 aliphatic heterocycles. The summed E-state index contributed by atoms with van der Waals surface area (Å²) >= 11 is 5.31. The predicted octanol–water partition coefficient (Wildman–Crippen LogP) is 4.02. The van der Waals surface area contributed by atoms with Crippen molar-refractivity contribution in [1.29, 1.82) is 0 Å². The Labute approximate surface area is 150 Å². The van der Waals surface area contributed by atoms with E-state index in [-0.39, 0.29) is 5.56 Å². The summed E-state index contributed by atoms with van der Waals surface area (Å²) in [5.74, 6) is 0.916. The highest BCUT2D eigenvalue weighted by Crippen LogP contribution is 2.23. The van der Waals surface area contributed by atoms with E-state index in [1.54, 1.807) is 15.2 Å². The first-order valence-corrected chi connectivity index (χ1v) is 8.69. The van der Waals surface area contributed by atoms with Gasteiger partial charge in [0, 0.05) is 5.11 Å². The third-order valence-electron chi connectivity index (χ3n) is 4.73. The second kappa shape index (κ2) is 5.97. The first-order chi connectivity index (χ1) is 12.1. The predicted molar refractivity (Wildman–Crippen MR) is 101 cm³/mol. The Morgan fingerprint density at radius 1 is 1.12 bits per heavy atom. The van der Waals surface area contributed by atoms with Gasteiger partial charge in [0.2, 0.25) is 0 Å². The summed E-state index contributed by atoms with van der Waals surface area (Å²) in [4.78, 5) is 13.1. The molecule has 0 amide bonds. The highest BCUT2D eigenvalue weighted by atomic mass is 32.1. The van der Waals surface area contributed by atoms with Crippen LogP contribution in [0.25, 0.3) is 16.6 Å². The van der Waals surface area contributed by atoms with Gasteiger partial charge >= 0.3 is 16.6 Å². The second-order valence-corrected chi connectivity index (χ2v) is 6.54. The molecular formula is C19H17N4OS+. The van der Waals surface area contributed by atoms with Crippen LogP contribution in [0.5, 0.6) is 0 Å². The van der Waals surface area contributed by atoms with Crippen molar-refractivity contribution in [3.05, 3.63) is 64.4 Å². The molecule has 3 aromatic rings. The number of aromatic nitrogens is 2. The van der Waals surface area contributed by atoms with Crippen molar-refractivity contribution in [1.82, 2.24) is 4.57 Å². The fraction of sp³-hybridized carbons (Fsp3) is 0.211. The lowest BCUT2D eigenvalue weighted by Crippen LogP contribution is -2.43. The van der Waals surface area contributed by atoms with Crippen molar-refractivity contribution in [3.8, 4) is 5.69 Å². The summed E-state index contributed by atoms with van der Waals surface area (Å²) in [7, 11) is 0. The summed E-state index contributed by atoms with van der Waals surface area (Å²) in [5, 5.41) is 9.08. The molecule has 0 spiro atoms. The van der Waals surface area contributed by atoms with Crippen LogP contribution >= 0.6 is 12.2 Å². The van der Waals surface area contributed by atoms with E-state index in [1.807, 2.05) is 30.3 Å². The van der Waals surface area contributed by atoms with Crippen LogP contribution in [0.15, 0.2) is 63.6 Å². The number of para-hydroxylation sites is 1. The minimum Gasteiger partial charge on any atom is -0.254 e. The monoisotopic (exact) mass is 349 g/mol. The summed E-state index contributed by atoms with van der Waals surface area (Å²) in [5.41, 5.74) is 2.61. The van der Waals surface area contributed by atoms with E-state index in [9.17, 15) is 4.79 Å². The van der Waals surface area contributed by atoms with Crippen LogP contribution in [-0.2, 0) is 0 Å². The first kappa shape index (κ1) is 15.8. The zero-order chi connectivity index (χ0) is 17.6. The molecule has 1 aliphatic rings. The first-order valence-electron chi connectivity index (χ1n) is 8.28. The Morgan fingerprint density at radius 2 is 1.84 bits per heavy atom. The molecule has 0 fully saturated rings. The summed E-state index contributed by atoms with van der Waals surface area (Å²) in [6.45, 7) is 4.36. The van der Waals surface area contributed by atoms with E-state index >= 15 is 0 Å². The van der Waals surface area contributed by atoms with Gasteiger partial charge in [0.15, 0.2) is 0 Å². The Morgan fingerprint density at radius 3 is 2.56 bits per heavy atom. The van der Waals surface area contributed by atoms with E-state index in [0.29, 0.717) is 22.4 Å². The molecule has 2 heterocycles. The maximum Gasteiger partial charge on any atom is 0.401 e. The molecule has 0 radical (unpaired) electrons. The van der Waals surface area contributed by atoms with Crippen molar-refractivity contribution in [2.45, 2.75) is 26.2 Å². The maximum atomic E-state index is 13.1. The average molecular weight is 349 g/mol. The smallest absolute Gasteiger partial charge is 0.254 e. The molecule has 4 rings (SSSR count). The van der Waals surface area contributed by atoms with Gasteiger partial charge in [0.1, 0.15) is 5.52 Å². The lowest BCUT2D eigenvalue weighted by molar-refractivity contribution is -0.507. The Hall–Kier alpha value is -2.73. The zero-order valence-corrected chi connectivity index (χ0v) is 14.8. The molecule has 0 N–H and O–H groups in total. The average Bonchev–Trinajstić information content (AvgIpc) is 3.03. The number of hydrogen-bond acceptors (Lipinski definition) is 3. The van der Waals surface area contributed by atoms with Crippen LogP contribution in [0.1, 0.15) is 31.7 Å². The number of benzene rings is 2. The van der Waals surface area contributed by atoms with Crippen molar-refractivity contribution < 1.29 is 4.57 Å². The minimum atomic E-state index is -0.123. The van der Waals surface area contributed by atoms with Crippen LogP contribution in [-0.4, -0.2) is 9.68 Å². The summed E-state index contributed by atoms with van der Waals surface area (Å²) in [6, 6.07) is 15.4. The molecular weight excluding hydrogens is 332 g/mol. The lowest BCUT2D eigenvalue weighted by atomic mass is 9.98. The van der Waals surface area contributed by atoms with Gasteiger partial charge in [-0.1, -0.05) is 38.1 Å². The van der Waals surface area contributed by atoms with Gasteiger partial charge < -0.3 is 0 Å². The molecule has 0 saturated heterocycles. The van der Waals surface area contributed by atoms with Gasteiger partial charge in [-0.3, -0.25) is 4.79 Å². The fourth-order valence-electron chi connectivity index (χ4n) is 3.10. The topological polar surface area (TPSA) is 50.6 Å². The Bertz CT molecular complexity index is 1080. The van der Waals surface area contributed by atoms with Gasteiger partial charge in [-0.25, -0.2) is 0 Å². The normalized spacial score (nSPS) is 14.1. The van der Waals surface area contributed by atoms with Gasteiger partial charge in [-0.2, -0.15) is 9.13 Å². The van der Waals surface area contributed by atoms with Crippen LogP contribution in [0.3, 0.4) is 0 Å². The molecule has 1 unspecified atom stereocenters. The third kappa shape index (κ3) is 2.41. The van der Waals surface area contributed by atoms with Crippen molar-refractivity contribution in [2.75, 3.05) is 0 Å². The van der Waals surface area contributed by atoms with Crippen molar-refractivity contribution in [3.63, 3.8) is 0 Å². The minimum absolute atomic E-state index is 0.123. The van der Waals surface area contributed by atoms with E-state index in [4.69, 9.17) is 12.2 Å². The highest BCUT2D eigenvalue weighted by molar-refractivity contribution is 7.79. The summed E-state index contributed by atoms with van der Waals surface area (Å²) < 4.78 is 3.32. The number of hydrogen-bond donors (Lipinski definition) is 0. The largest absolute Gasteiger partial charge is 0.401 e. The standard InChI is InChI=1S/C19H17N4OS/c1-3-12(2)13-8-10-14(11-9-13)22-17(24)15-6-4-5-7-16(15)23-18(22)20-21-19(23)25/h4-12H,3H2,1-2H3/q+1. The molecule has 1 aromatic heterocycles. The molecule has 0 aliphatic carbocycles. The molecule has 2 aromatic carbocycles. The van der Waals surface area contributed by atoms with E-state index in [1.165, 1.54) is 5.56 Å². The molecule has 0 bridgehead atoms. The van der Waals surface area contributed by atoms with E-state index < -0.39 is 0 Å². The van der Waals surface area contributed by atoms with Gasteiger partial charge in [-0.05, 0) is 54.4 Å². The number of fused-ring (bicyclic) bond motifs is 3. The maximum absolute atomic E-state index is 13.1. The van der Waals surface area contributed by atoms with Crippen molar-refractivity contribution >= 4 is 34.2 Å². The molecule has 5 nitrogen and oxygen atoms in total. The lowest BCUT2D eigenvalue weighted by Gasteiger charge is -2.11. The quantitative estimate of drug-likeness (QED) is 0.530. The number of azo groups is 1. The van der Waals surface area contributed by atoms with Gasteiger partial charge in [-0.15, -0.1) is 0 Å². The molecule has 124 valence electrons. The zero-order valence-electron chi connectivity index (χ0n) is 14.0. The molecule has 25 heavy (non-hydrogen) atoms. The van der Waals surface area contributed by atoms with E-state index in [0.717, 1.165) is 17.6 Å². The van der Waals surface area contributed by atoms with Crippen LogP contribution < -0.4 is 10.1 Å². The second-order valence-electron chi connectivity index (χ2n) is 6.18. The molecule has 1 atom stereocenters. The number of thiocarbonyl (C=S) groups is 1. The highest BCUT2D eigenvalue weighted by Gasteiger charge is 2.31. The fourth-order valence-corrected chi connectivity index (χ4v) is 3.32. The Kier molecular flexibility index (Phi) is 3.77. The SMILES string of the molecule is CCC(C)c1ccc(-n2c3[n+](c4ccccc4c2=O)C(=S)N=N3)cc1.